The Labute approximate surface area is 131 Å². The van der Waals surface area contributed by atoms with Gasteiger partial charge < -0.3 is 14.6 Å². The minimum Gasteiger partial charge on any atom is -0.493 e. The van der Waals surface area contributed by atoms with Crippen molar-refractivity contribution in [3.63, 3.8) is 0 Å². The first-order valence-electron chi connectivity index (χ1n) is 7.57. The van der Waals surface area contributed by atoms with Gasteiger partial charge in [-0.25, -0.2) is 0 Å². The molecule has 1 saturated carbocycles. The highest BCUT2D eigenvalue weighted by Crippen LogP contribution is 2.43. The largest absolute Gasteiger partial charge is 0.493 e. The van der Waals surface area contributed by atoms with E-state index < -0.39 is 5.72 Å². The Morgan fingerprint density at radius 1 is 1.27 bits per heavy atom. The second-order valence-electron chi connectivity index (χ2n) is 6.09. The van der Waals surface area contributed by atoms with Crippen LogP contribution in [0.2, 0.25) is 0 Å². The number of nitrogens with one attached hydrogen (secondary N) is 1. The van der Waals surface area contributed by atoms with E-state index in [-0.39, 0.29) is 5.41 Å². The van der Waals surface area contributed by atoms with Gasteiger partial charge in [-0.3, -0.25) is 5.32 Å². The summed E-state index contributed by atoms with van der Waals surface area (Å²) >= 11 is 0. The van der Waals surface area contributed by atoms with Gasteiger partial charge in [-0.1, -0.05) is 18.9 Å². The van der Waals surface area contributed by atoms with Crippen LogP contribution in [0, 0.1) is 11.3 Å². The van der Waals surface area contributed by atoms with Crippen molar-refractivity contribution >= 4 is 0 Å². The lowest BCUT2D eigenvalue weighted by molar-refractivity contribution is 0.0738. The van der Waals surface area contributed by atoms with Crippen LogP contribution in [0.25, 0.3) is 0 Å². The average Bonchev–Trinajstić information content (AvgIpc) is 3.02. The first kappa shape index (κ1) is 16.6. The Hall–Kier alpha value is -1.77. The number of nitriles is 1. The number of aliphatic hydroxyl groups is 1. The van der Waals surface area contributed by atoms with E-state index in [0.29, 0.717) is 18.0 Å². The van der Waals surface area contributed by atoms with E-state index in [1.54, 1.807) is 14.2 Å². The van der Waals surface area contributed by atoms with E-state index in [1.165, 1.54) is 6.92 Å². The van der Waals surface area contributed by atoms with Crippen molar-refractivity contribution in [2.45, 2.75) is 43.7 Å². The molecular formula is C17H24N2O3. The van der Waals surface area contributed by atoms with Crippen LogP contribution in [-0.2, 0) is 5.41 Å². The molecule has 5 heteroatoms. The van der Waals surface area contributed by atoms with Crippen LogP contribution in [0.15, 0.2) is 18.2 Å². The van der Waals surface area contributed by atoms with E-state index in [0.717, 1.165) is 31.2 Å². The highest BCUT2D eigenvalue weighted by atomic mass is 16.5. The van der Waals surface area contributed by atoms with E-state index in [1.807, 2.05) is 18.2 Å². The number of hydrogen-bond donors (Lipinski definition) is 2. The molecule has 1 fully saturated rings. The zero-order valence-corrected chi connectivity index (χ0v) is 13.5. The van der Waals surface area contributed by atoms with E-state index in [9.17, 15) is 5.11 Å². The van der Waals surface area contributed by atoms with E-state index >= 15 is 0 Å². The Morgan fingerprint density at radius 2 is 1.91 bits per heavy atom. The molecule has 0 aromatic heterocycles. The first-order valence-corrected chi connectivity index (χ1v) is 7.57. The summed E-state index contributed by atoms with van der Waals surface area (Å²) in [6, 6.07) is 7.85. The monoisotopic (exact) mass is 304 g/mol. The molecule has 1 aliphatic carbocycles. The molecule has 2 N–H and O–H groups in total. The molecule has 0 spiro atoms. The number of ether oxygens (including phenoxy) is 2. The van der Waals surface area contributed by atoms with Gasteiger partial charge in [-0.15, -0.1) is 0 Å². The summed E-state index contributed by atoms with van der Waals surface area (Å²) in [5.74, 6) is 1.41. The third-order valence-corrected chi connectivity index (χ3v) is 4.55. The van der Waals surface area contributed by atoms with Crippen LogP contribution in [0.5, 0.6) is 11.5 Å². The zero-order valence-electron chi connectivity index (χ0n) is 13.5. The van der Waals surface area contributed by atoms with Gasteiger partial charge in [-0.2, -0.15) is 5.26 Å². The predicted molar refractivity (Wildman–Crippen MR) is 83.9 cm³/mol. The fraction of sp³-hybridized carbons (Fsp3) is 0.588. The second-order valence-corrected chi connectivity index (χ2v) is 6.09. The maximum Gasteiger partial charge on any atom is 0.202 e. The average molecular weight is 304 g/mol. The maximum absolute atomic E-state index is 9.91. The van der Waals surface area contributed by atoms with Crippen molar-refractivity contribution in [3.05, 3.63) is 23.8 Å². The summed E-state index contributed by atoms with van der Waals surface area (Å²) in [5, 5.41) is 21.9. The third kappa shape index (κ3) is 3.34. The number of rotatable bonds is 6. The quantitative estimate of drug-likeness (QED) is 0.623. The number of hydrogen-bond acceptors (Lipinski definition) is 5. The van der Waals surface area contributed by atoms with Gasteiger partial charge in [0.2, 0.25) is 5.72 Å². The molecule has 2 rings (SSSR count). The summed E-state index contributed by atoms with van der Waals surface area (Å²) in [6.07, 6.45) is 4.34. The molecule has 120 valence electrons. The van der Waals surface area contributed by atoms with Gasteiger partial charge in [-0.05, 0) is 37.5 Å². The lowest BCUT2D eigenvalue weighted by atomic mass is 9.78. The third-order valence-electron chi connectivity index (χ3n) is 4.55. The lowest BCUT2D eigenvalue weighted by Gasteiger charge is -2.33. The van der Waals surface area contributed by atoms with Crippen LogP contribution in [0.1, 0.15) is 38.2 Å². The van der Waals surface area contributed by atoms with Crippen LogP contribution in [0.3, 0.4) is 0 Å². The highest BCUT2D eigenvalue weighted by molar-refractivity contribution is 5.45. The highest BCUT2D eigenvalue weighted by Gasteiger charge is 2.37. The van der Waals surface area contributed by atoms with Crippen LogP contribution in [0.4, 0.5) is 0 Å². The lowest BCUT2D eigenvalue weighted by Crippen LogP contribution is -2.47. The van der Waals surface area contributed by atoms with E-state index in [4.69, 9.17) is 14.7 Å². The van der Waals surface area contributed by atoms with Crippen LogP contribution < -0.4 is 14.8 Å². The van der Waals surface area contributed by atoms with Crippen molar-refractivity contribution in [2.24, 2.45) is 0 Å². The molecule has 0 amide bonds. The fourth-order valence-corrected chi connectivity index (χ4v) is 3.17. The molecule has 5 nitrogen and oxygen atoms in total. The minimum atomic E-state index is -1.51. The molecule has 1 aliphatic rings. The maximum atomic E-state index is 9.91. The van der Waals surface area contributed by atoms with Crippen molar-refractivity contribution in [2.75, 3.05) is 20.8 Å². The number of methoxy groups -OCH3 is 2. The Kier molecular flexibility index (Phi) is 4.94. The Balaban J connectivity index is 2.30. The SMILES string of the molecule is COc1ccc(C2(CN[C@](C)(O)C#N)CCCC2)cc1OC. The van der Waals surface area contributed by atoms with Gasteiger partial charge >= 0.3 is 0 Å². The van der Waals surface area contributed by atoms with Crippen LogP contribution in [-0.4, -0.2) is 31.6 Å². The minimum absolute atomic E-state index is 0.0829. The molecule has 0 radical (unpaired) electrons. The summed E-state index contributed by atoms with van der Waals surface area (Å²) in [4.78, 5) is 0. The van der Waals surface area contributed by atoms with Crippen molar-refractivity contribution < 1.29 is 14.6 Å². The molecule has 0 aliphatic heterocycles. The summed E-state index contributed by atoms with van der Waals surface area (Å²) in [6.45, 7) is 2.04. The summed E-state index contributed by atoms with van der Waals surface area (Å²) in [5.41, 5.74) is -0.434. The molecule has 1 atom stereocenters. The molecule has 22 heavy (non-hydrogen) atoms. The zero-order chi connectivity index (χ0) is 16.2. The molecular weight excluding hydrogens is 280 g/mol. The van der Waals surface area contributed by atoms with Gasteiger partial charge in [0, 0.05) is 12.0 Å². The predicted octanol–water partition coefficient (Wildman–Crippen LogP) is 2.34. The smallest absolute Gasteiger partial charge is 0.202 e. The molecule has 0 unspecified atom stereocenters. The van der Waals surface area contributed by atoms with Gasteiger partial charge in [0.1, 0.15) is 6.07 Å². The molecule has 0 saturated heterocycles. The fourth-order valence-electron chi connectivity index (χ4n) is 3.17. The molecule has 1 aromatic rings. The number of benzene rings is 1. The normalized spacial score (nSPS) is 19.2. The van der Waals surface area contributed by atoms with Crippen molar-refractivity contribution in [1.82, 2.24) is 5.32 Å². The molecule has 0 heterocycles. The van der Waals surface area contributed by atoms with Gasteiger partial charge in [0.05, 0.1) is 14.2 Å². The topological polar surface area (TPSA) is 74.5 Å². The van der Waals surface area contributed by atoms with Crippen molar-refractivity contribution in [1.29, 1.82) is 5.26 Å². The standard InChI is InChI=1S/C17H24N2O3/c1-16(20,11-18)19-12-17(8-4-5-9-17)13-6-7-14(21-2)15(10-13)22-3/h6-7,10,19-20H,4-5,8-9,12H2,1-3H3/t16-/m1/s1. The van der Waals surface area contributed by atoms with Gasteiger partial charge in [0.25, 0.3) is 0 Å². The van der Waals surface area contributed by atoms with Crippen molar-refractivity contribution in [3.8, 4) is 17.6 Å². The molecule has 0 bridgehead atoms. The Bertz CT molecular complexity index is 558. The summed E-state index contributed by atoms with van der Waals surface area (Å²) < 4.78 is 10.7. The summed E-state index contributed by atoms with van der Waals surface area (Å²) in [7, 11) is 3.25. The first-order chi connectivity index (χ1) is 10.5. The second kappa shape index (κ2) is 6.55. The Morgan fingerprint density at radius 3 is 2.45 bits per heavy atom. The van der Waals surface area contributed by atoms with E-state index in [2.05, 4.69) is 11.4 Å². The number of nitrogens with zero attached hydrogens (tertiary/aromatic N) is 1. The van der Waals surface area contributed by atoms with Gasteiger partial charge in [0.15, 0.2) is 11.5 Å². The molecule has 1 aromatic carbocycles. The van der Waals surface area contributed by atoms with Crippen LogP contribution >= 0.6 is 0 Å².